The molecule has 0 saturated carbocycles. The van der Waals surface area contributed by atoms with Crippen LogP contribution in [0, 0.1) is 13.8 Å². The first-order valence-electron chi connectivity index (χ1n) is 8.11. The van der Waals surface area contributed by atoms with Crippen LogP contribution in [0.1, 0.15) is 11.1 Å². The Morgan fingerprint density at radius 2 is 1.65 bits per heavy atom. The van der Waals surface area contributed by atoms with Crippen molar-refractivity contribution in [3.05, 3.63) is 53.6 Å². The maximum Gasteiger partial charge on any atom is 0.243 e. The molecule has 0 aliphatic rings. The van der Waals surface area contributed by atoms with Gasteiger partial charge in [-0.15, -0.1) is 0 Å². The van der Waals surface area contributed by atoms with Crippen molar-refractivity contribution in [1.82, 2.24) is 4.31 Å². The third kappa shape index (κ3) is 4.23. The van der Waals surface area contributed by atoms with Crippen LogP contribution in [0.4, 0.5) is 5.69 Å². The van der Waals surface area contributed by atoms with E-state index < -0.39 is 10.0 Å². The Morgan fingerprint density at radius 3 is 2.23 bits per heavy atom. The van der Waals surface area contributed by atoms with Crippen LogP contribution in [-0.4, -0.2) is 46.4 Å². The molecule has 0 atom stereocenters. The molecule has 0 aromatic heterocycles. The molecule has 140 valence electrons. The van der Waals surface area contributed by atoms with E-state index in [0.29, 0.717) is 17.0 Å². The highest BCUT2D eigenvalue weighted by molar-refractivity contribution is 7.89. The van der Waals surface area contributed by atoms with Crippen molar-refractivity contribution in [2.75, 3.05) is 32.6 Å². The molecule has 0 saturated heterocycles. The molecule has 6 nitrogen and oxygen atoms in total. The van der Waals surface area contributed by atoms with Gasteiger partial charge in [-0.2, -0.15) is 4.31 Å². The van der Waals surface area contributed by atoms with E-state index in [0.717, 1.165) is 9.87 Å². The highest BCUT2D eigenvalue weighted by Gasteiger charge is 2.26. The molecule has 7 heteroatoms. The van der Waals surface area contributed by atoms with E-state index in [-0.39, 0.29) is 17.3 Å². The van der Waals surface area contributed by atoms with Gasteiger partial charge in [0.25, 0.3) is 0 Å². The van der Waals surface area contributed by atoms with Crippen LogP contribution < -0.4 is 9.64 Å². The summed E-state index contributed by atoms with van der Waals surface area (Å²) in [5.41, 5.74) is 2.16. The number of benzene rings is 2. The first-order valence-corrected chi connectivity index (χ1v) is 9.55. The second kappa shape index (κ2) is 7.88. The number of aryl methyl sites for hydroxylation is 2. The van der Waals surface area contributed by atoms with Gasteiger partial charge < -0.3 is 9.64 Å². The van der Waals surface area contributed by atoms with Crippen LogP contribution >= 0.6 is 0 Å². The SMILES string of the molecule is COc1ccc(N(C)C(=O)CN(C)S(=O)(=O)c2cc(C)ccc2C)cc1. The molecule has 0 aliphatic carbocycles. The average Bonchev–Trinajstić information content (AvgIpc) is 2.62. The van der Waals surface area contributed by atoms with Crippen LogP contribution in [0.15, 0.2) is 47.4 Å². The zero-order valence-electron chi connectivity index (χ0n) is 15.7. The fraction of sp³-hybridized carbons (Fsp3) is 0.316. The minimum atomic E-state index is -3.75. The lowest BCUT2D eigenvalue weighted by Crippen LogP contribution is -2.39. The molecular formula is C19H24N2O4S. The van der Waals surface area contributed by atoms with Gasteiger partial charge in [-0.1, -0.05) is 12.1 Å². The van der Waals surface area contributed by atoms with Crippen LogP contribution in [-0.2, 0) is 14.8 Å². The molecule has 2 rings (SSSR count). The second-order valence-electron chi connectivity index (χ2n) is 6.18. The lowest BCUT2D eigenvalue weighted by Gasteiger charge is -2.23. The number of hydrogen-bond donors (Lipinski definition) is 0. The Labute approximate surface area is 155 Å². The Morgan fingerprint density at radius 1 is 1.04 bits per heavy atom. The molecule has 0 unspecified atom stereocenters. The summed E-state index contributed by atoms with van der Waals surface area (Å²) >= 11 is 0. The van der Waals surface area contributed by atoms with Crippen LogP contribution in [0.3, 0.4) is 0 Å². The molecule has 2 aromatic carbocycles. The van der Waals surface area contributed by atoms with E-state index in [2.05, 4.69) is 0 Å². The molecule has 0 spiro atoms. The third-order valence-corrected chi connectivity index (χ3v) is 6.17. The van der Waals surface area contributed by atoms with Gasteiger partial charge in [-0.05, 0) is 55.3 Å². The molecule has 0 aliphatic heterocycles. The topological polar surface area (TPSA) is 66.9 Å². The number of rotatable bonds is 6. The molecule has 0 radical (unpaired) electrons. The normalized spacial score (nSPS) is 11.5. The monoisotopic (exact) mass is 376 g/mol. The summed E-state index contributed by atoms with van der Waals surface area (Å²) in [6.07, 6.45) is 0. The number of likely N-dealkylation sites (N-methyl/N-ethyl adjacent to an activating group) is 2. The van der Waals surface area contributed by atoms with Crippen molar-refractivity contribution in [1.29, 1.82) is 0 Å². The van der Waals surface area contributed by atoms with E-state index in [1.165, 1.54) is 11.9 Å². The number of ether oxygens (including phenoxy) is 1. The zero-order chi connectivity index (χ0) is 19.5. The summed E-state index contributed by atoms with van der Waals surface area (Å²) < 4.78 is 31.8. The van der Waals surface area contributed by atoms with Crippen molar-refractivity contribution < 1.29 is 17.9 Å². The van der Waals surface area contributed by atoms with Crippen LogP contribution in [0.5, 0.6) is 5.75 Å². The molecule has 0 N–H and O–H groups in total. The van der Waals surface area contributed by atoms with E-state index in [4.69, 9.17) is 4.74 Å². The average molecular weight is 376 g/mol. The van der Waals surface area contributed by atoms with Gasteiger partial charge in [0, 0.05) is 19.8 Å². The van der Waals surface area contributed by atoms with Gasteiger partial charge in [0.05, 0.1) is 18.6 Å². The van der Waals surface area contributed by atoms with Crippen molar-refractivity contribution in [3.63, 3.8) is 0 Å². The first kappa shape index (κ1) is 19.9. The number of carbonyl (C=O) groups is 1. The van der Waals surface area contributed by atoms with Crippen LogP contribution in [0.2, 0.25) is 0 Å². The summed E-state index contributed by atoms with van der Waals surface area (Å²) in [5.74, 6) is 0.357. The first-order chi connectivity index (χ1) is 12.2. The van der Waals surface area contributed by atoms with Crippen molar-refractivity contribution in [2.45, 2.75) is 18.7 Å². The second-order valence-corrected chi connectivity index (χ2v) is 8.19. The number of methoxy groups -OCH3 is 1. The van der Waals surface area contributed by atoms with Gasteiger partial charge in [-0.25, -0.2) is 8.42 Å². The highest BCUT2D eigenvalue weighted by atomic mass is 32.2. The van der Waals surface area contributed by atoms with Gasteiger partial charge in [0.15, 0.2) is 0 Å². The van der Waals surface area contributed by atoms with Crippen LogP contribution in [0.25, 0.3) is 0 Å². The molecule has 26 heavy (non-hydrogen) atoms. The summed E-state index contributed by atoms with van der Waals surface area (Å²) in [7, 11) is 0.846. The minimum Gasteiger partial charge on any atom is -0.497 e. The van der Waals surface area contributed by atoms with Crippen molar-refractivity contribution in [2.24, 2.45) is 0 Å². The summed E-state index contributed by atoms with van der Waals surface area (Å²) in [4.78, 5) is 14.2. The fourth-order valence-electron chi connectivity index (χ4n) is 2.48. The maximum atomic E-state index is 12.8. The number of anilines is 1. The molecule has 0 fully saturated rings. The quantitative estimate of drug-likeness (QED) is 0.777. The van der Waals surface area contributed by atoms with Crippen molar-refractivity contribution in [3.8, 4) is 5.75 Å². The Bertz CT molecular complexity index is 892. The predicted octanol–water partition coefficient (Wildman–Crippen LogP) is 2.60. The predicted molar refractivity (Wildman–Crippen MR) is 102 cm³/mol. The maximum absolute atomic E-state index is 12.8. The number of hydrogen-bond acceptors (Lipinski definition) is 4. The number of amides is 1. The number of carbonyl (C=O) groups excluding carboxylic acids is 1. The Hall–Kier alpha value is -2.38. The lowest BCUT2D eigenvalue weighted by atomic mass is 10.2. The zero-order valence-corrected chi connectivity index (χ0v) is 16.5. The number of nitrogens with zero attached hydrogens (tertiary/aromatic N) is 2. The molecule has 2 aromatic rings. The van der Waals surface area contributed by atoms with E-state index >= 15 is 0 Å². The van der Waals surface area contributed by atoms with Gasteiger partial charge in [-0.3, -0.25) is 4.79 Å². The molecule has 0 heterocycles. The summed E-state index contributed by atoms with van der Waals surface area (Å²) in [6.45, 7) is 3.32. The van der Waals surface area contributed by atoms with E-state index in [1.807, 2.05) is 13.0 Å². The fourth-order valence-corrected chi connectivity index (χ4v) is 3.91. The number of sulfonamides is 1. The van der Waals surface area contributed by atoms with E-state index in [1.54, 1.807) is 57.5 Å². The molecule has 0 bridgehead atoms. The summed E-state index contributed by atoms with van der Waals surface area (Å²) in [5, 5.41) is 0. The van der Waals surface area contributed by atoms with Gasteiger partial charge >= 0.3 is 0 Å². The van der Waals surface area contributed by atoms with E-state index in [9.17, 15) is 13.2 Å². The van der Waals surface area contributed by atoms with Gasteiger partial charge in [0.2, 0.25) is 15.9 Å². The standard InChI is InChI=1S/C19H24N2O4S/c1-14-6-7-15(2)18(12-14)26(23,24)20(3)13-19(22)21(4)16-8-10-17(25-5)11-9-16/h6-12H,13H2,1-5H3. The Balaban J connectivity index is 2.17. The summed E-state index contributed by atoms with van der Waals surface area (Å²) in [6, 6.07) is 12.2. The largest absolute Gasteiger partial charge is 0.497 e. The Kier molecular flexibility index (Phi) is 6.05. The van der Waals surface area contributed by atoms with Crippen molar-refractivity contribution >= 4 is 21.6 Å². The third-order valence-electron chi connectivity index (χ3n) is 4.22. The minimum absolute atomic E-state index is 0.222. The smallest absolute Gasteiger partial charge is 0.243 e. The van der Waals surface area contributed by atoms with Gasteiger partial charge in [0.1, 0.15) is 5.75 Å². The molecule has 1 amide bonds. The lowest BCUT2D eigenvalue weighted by molar-refractivity contribution is -0.118. The molecular weight excluding hydrogens is 352 g/mol. The highest BCUT2D eigenvalue weighted by Crippen LogP contribution is 2.22.